The minimum absolute atomic E-state index is 0.140. The second kappa shape index (κ2) is 4.45. The van der Waals surface area contributed by atoms with Gasteiger partial charge in [0.25, 0.3) is 0 Å². The van der Waals surface area contributed by atoms with E-state index in [9.17, 15) is 4.79 Å². The Labute approximate surface area is 93.7 Å². The van der Waals surface area contributed by atoms with Crippen molar-refractivity contribution in [2.45, 2.75) is 6.42 Å². The average Bonchev–Trinajstić information content (AvgIpc) is 2.29. The van der Waals surface area contributed by atoms with Crippen LogP contribution in [0.5, 0.6) is 0 Å². The highest BCUT2D eigenvalue weighted by atomic mass is 32.1. The molecular formula is C12H11NOS. The lowest BCUT2D eigenvalue weighted by molar-refractivity contribution is -0.115. The van der Waals surface area contributed by atoms with Crippen LogP contribution in [0.4, 0.5) is 0 Å². The van der Waals surface area contributed by atoms with E-state index in [1.54, 1.807) is 6.20 Å². The van der Waals surface area contributed by atoms with Gasteiger partial charge in [0.05, 0.1) is 5.52 Å². The number of fused-ring (bicyclic) bond motifs is 1. The van der Waals surface area contributed by atoms with E-state index in [-0.39, 0.29) is 5.78 Å². The Morgan fingerprint density at radius 3 is 3.00 bits per heavy atom. The SMILES string of the molecule is O=C(CS)Cc1ccc2ncccc2c1. The molecule has 2 aromatic rings. The molecule has 0 unspecified atom stereocenters. The second-order valence-electron chi connectivity index (χ2n) is 3.40. The Balaban J connectivity index is 2.34. The molecule has 0 bridgehead atoms. The van der Waals surface area contributed by atoms with Crippen molar-refractivity contribution in [3.8, 4) is 0 Å². The zero-order valence-electron chi connectivity index (χ0n) is 8.18. The van der Waals surface area contributed by atoms with Crippen LogP contribution in [-0.2, 0) is 11.2 Å². The van der Waals surface area contributed by atoms with Gasteiger partial charge in [0, 0.05) is 23.8 Å². The van der Waals surface area contributed by atoms with Crippen LogP contribution in [0.2, 0.25) is 0 Å². The zero-order valence-corrected chi connectivity index (χ0v) is 9.08. The molecule has 0 amide bonds. The fourth-order valence-electron chi connectivity index (χ4n) is 1.52. The van der Waals surface area contributed by atoms with Gasteiger partial charge in [-0.3, -0.25) is 9.78 Å². The first kappa shape index (κ1) is 10.2. The van der Waals surface area contributed by atoms with Gasteiger partial charge in [0.2, 0.25) is 0 Å². The lowest BCUT2D eigenvalue weighted by Crippen LogP contribution is -2.03. The number of pyridine rings is 1. The number of thiol groups is 1. The van der Waals surface area contributed by atoms with Crippen LogP contribution < -0.4 is 0 Å². The lowest BCUT2D eigenvalue weighted by atomic mass is 10.1. The minimum atomic E-state index is 0.140. The summed E-state index contributed by atoms with van der Waals surface area (Å²) < 4.78 is 0. The van der Waals surface area contributed by atoms with Crippen molar-refractivity contribution in [3.05, 3.63) is 42.1 Å². The Bertz CT molecular complexity index is 496. The maximum Gasteiger partial charge on any atom is 0.146 e. The summed E-state index contributed by atoms with van der Waals surface area (Å²) >= 11 is 3.96. The van der Waals surface area contributed by atoms with Crippen LogP contribution in [-0.4, -0.2) is 16.5 Å². The summed E-state index contributed by atoms with van der Waals surface area (Å²) in [5, 5.41) is 1.07. The summed E-state index contributed by atoms with van der Waals surface area (Å²) in [6, 6.07) is 9.78. The molecule has 76 valence electrons. The van der Waals surface area contributed by atoms with Crippen LogP contribution in [0.15, 0.2) is 36.5 Å². The number of ketones is 1. The van der Waals surface area contributed by atoms with Crippen molar-refractivity contribution in [3.63, 3.8) is 0 Å². The molecular weight excluding hydrogens is 206 g/mol. The normalized spacial score (nSPS) is 10.5. The van der Waals surface area contributed by atoms with Crippen molar-refractivity contribution in [1.82, 2.24) is 4.98 Å². The van der Waals surface area contributed by atoms with Gasteiger partial charge in [-0.1, -0.05) is 12.1 Å². The molecule has 0 aliphatic rings. The standard InChI is InChI=1S/C12H11NOS/c14-11(8-15)7-9-3-4-12-10(6-9)2-1-5-13-12/h1-6,15H,7-8H2. The predicted octanol–water partition coefficient (Wildman–Crippen LogP) is 2.28. The van der Waals surface area contributed by atoms with Crippen molar-refractivity contribution >= 4 is 29.3 Å². The van der Waals surface area contributed by atoms with Crippen LogP contribution in [0, 0.1) is 0 Å². The van der Waals surface area contributed by atoms with Gasteiger partial charge in [-0.05, 0) is 23.8 Å². The summed E-state index contributed by atoms with van der Waals surface area (Å²) in [5.74, 6) is 0.437. The molecule has 1 heterocycles. The van der Waals surface area contributed by atoms with Crippen LogP contribution in [0.1, 0.15) is 5.56 Å². The van der Waals surface area contributed by atoms with Gasteiger partial charge in [-0.2, -0.15) is 12.6 Å². The molecule has 15 heavy (non-hydrogen) atoms. The van der Waals surface area contributed by atoms with E-state index in [0.717, 1.165) is 16.5 Å². The summed E-state index contributed by atoms with van der Waals surface area (Å²) in [6.45, 7) is 0. The zero-order chi connectivity index (χ0) is 10.7. The Kier molecular flexibility index (Phi) is 3.02. The average molecular weight is 217 g/mol. The molecule has 1 aromatic carbocycles. The first-order valence-electron chi connectivity index (χ1n) is 4.76. The van der Waals surface area contributed by atoms with Crippen molar-refractivity contribution < 1.29 is 4.79 Å². The fourth-order valence-corrected chi connectivity index (χ4v) is 1.63. The van der Waals surface area contributed by atoms with Gasteiger partial charge in [-0.15, -0.1) is 0 Å². The second-order valence-corrected chi connectivity index (χ2v) is 3.72. The van der Waals surface area contributed by atoms with Crippen LogP contribution >= 0.6 is 12.6 Å². The molecule has 2 rings (SSSR count). The third-order valence-electron chi connectivity index (χ3n) is 2.25. The number of benzene rings is 1. The molecule has 0 fully saturated rings. The Hall–Kier alpha value is -1.35. The number of nitrogens with zero attached hydrogens (tertiary/aromatic N) is 1. The predicted molar refractivity (Wildman–Crippen MR) is 64.3 cm³/mol. The highest BCUT2D eigenvalue weighted by Gasteiger charge is 2.02. The molecule has 0 aliphatic heterocycles. The van der Waals surface area contributed by atoms with Crippen LogP contribution in [0.25, 0.3) is 10.9 Å². The molecule has 0 aliphatic carbocycles. The lowest BCUT2D eigenvalue weighted by Gasteiger charge is -2.01. The molecule has 3 heteroatoms. The number of carbonyl (C=O) groups excluding carboxylic acids is 1. The summed E-state index contributed by atoms with van der Waals surface area (Å²) in [5.41, 5.74) is 1.98. The van der Waals surface area contributed by atoms with Crippen LogP contribution in [0.3, 0.4) is 0 Å². The quantitative estimate of drug-likeness (QED) is 0.799. The number of carbonyl (C=O) groups is 1. The molecule has 0 saturated carbocycles. The first-order valence-corrected chi connectivity index (χ1v) is 5.39. The monoisotopic (exact) mass is 217 g/mol. The molecule has 0 spiro atoms. The molecule has 0 N–H and O–H groups in total. The third-order valence-corrected chi connectivity index (χ3v) is 2.60. The summed E-state index contributed by atoms with van der Waals surface area (Å²) in [4.78, 5) is 15.4. The van der Waals surface area contributed by atoms with E-state index < -0.39 is 0 Å². The number of Topliss-reactive ketones (excluding diaryl/α,β-unsaturated/α-hetero) is 1. The van der Waals surface area contributed by atoms with Crippen molar-refractivity contribution in [2.24, 2.45) is 0 Å². The molecule has 1 aromatic heterocycles. The summed E-state index contributed by atoms with van der Waals surface area (Å²) in [7, 11) is 0. The minimum Gasteiger partial charge on any atom is -0.298 e. The molecule has 0 atom stereocenters. The van der Waals surface area contributed by atoms with E-state index in [0.29, 0.717) is 12.2 Å². The highest BCUT2D eigenvalue weighted by Crippen LogP contribution is 2.13. The number of hydrogen-bond donors (Lipinski definition) is 1. The van der Waals surface area contributed by atoms with E-state index in [1.807, 2.05) is 30.3 Å². The smallest absolute Gasteiger partial charge is 0.146 e. The topological polar surface area (TPSA) is 30.0 Å². The molecule has 0 saturated heterocycles. The van der Waals surface area contributed by atoms with Gasteiger partial charge in [-0.25, -0.2) is 0 Å². The van der Waals surface area contributed by atoms with Gasteiger partial charge in [0.15, 0.2) is 0 Å². The van der Waals surface area contributed by atoms with E-state index in [2.05, 4.69) is 17.6 Å². The van der Waals surface area contributed by atoms with E-state index in [4.69, 9.17) is 0 Å². The molecule has 0 radical (unpaired) electrons. The third kappa shape index (κ3) is 2.36. The molecule has 2 nitrogen and oxygen atoms in total. The van der Waals surface area contributed by atoms with Gasteiger partial charge < -0.3 is 0 Å². The first-order chi connectivity index (χ1) is 7.29. The van der Waals surface area contributed by atoms with E-state index >= 15 is 0 Å². The maximum absolute atomic E-state index is 11.2. The van der Waals surface area contributed by atoms with Gasteiger partial charge >= 0.3 is 0 Å². The van der Waals surface area contributed by atoms with Crippen molar-refractivity contribution in [2.75, 3.05) is 5.75 Å². The Morgan fingerprint density at radius 1 is 1.33 bits per heavy atom. The number of aromatic nitrogens is 1. The largest absolute Gasteiger partial charge is 0.298 e. The van der Waals surface area contributed by atoms with Crippen molar-refractivity contribution in [1.29, 1.82) is 0 Å². The number of hydrogen-bond acceptors (Lipinski definition) is 3. The summed E-state index contributed by atoms with van der Waals surface area (Å²) in [6.07, 6.45) is 2.22. The van der Waals surface area contributed by atoms with Gasteiger partial charge in [0.1, 0.15) is 5.78 Å². The Morgan fingerprint density at radius 2 is 2.20 bits per heavy atom. The highest BCUT2D eigenvalue weighted by molar-refractivity contribution is 7.81. The fraction of sp³-hybridized carbons (Fsp3) is 0.167. The van der Waals surface area contributed by atoms with E-state index in [1.165, 1.54) is 0 Å². The number of rotatable bonds is 3. The maximum atomic E-state index is 11.2.